The van der Waals surface area contributed by atoms with Crippen molar-refractivity contribution in [2.24, 2.45) is 5.92 Å². The molecule has 82 valence electrons. The van der Waals surface area contributed by atoms with Crippen LogP contribution >= 0.6 is 27.3 Å². The average Bonchev–Trinajstić information content (AvgIpc) is 2.64. The Morgan fingerprint density at radius 1 is 1.67 bits per heavy atom. The normalized spacial score (nSPS) is 21.7. The fourth-order valence-electron chi connectivity index (χ4n) is 1.95. The number of rotatable bonds is 1. The molecule has 0 saturated carbocycles. The largest absolute Gasteiger partial charge is 0.338 e. The molecular weight excluding hydrogens is 274 g/mol. The van der Waals surface area contributed by atoms with Crippen LogP contribution in [-0.2, 0) is 0 Å². The van der Waals surface area contributed by atoms with E-state index < -0.39 is 0 Å². The number of nitrogens with zero attached hydrogens (tertiary/aromatic N) is 1. The lowest BCUT2D eigenvalue weighted by Gasteiger charge is -2.30. The first kappa shape index (κ1) is 11.1. The molecule has 1 amide bonds. The Balaban J connectivity index is 2.07. The second kappa shape index (κ2) is 4.66. The Morgan fingerprint density at radius 3 is 3.07 bits per heavy atom. The minimum atomic E-state index is 0.192. The molecule has 1 atom stereocenters. The molecule has 1 aromatic heterocycles. The van der Waals surface area contributed by atoms with Gasteiger partial charge in [0.05, 0.1) is 4.88 Å². The smallest absolute Gasteiger partial charge is 0.263 e. The van der Waals surface area contributed by atoms with Crippen molar-refractivity contribution in [3.63, 3.8) is 0 Å². The molecule has 1 saturated heterocycles. The van der Waals surface area contributed by atoms with Crippen molar-refractivity contribution in [3.05, 3.63) is 20.8 Å². The van der Waals surface area contributed by atoms with Gasteiger partial charge < -0.3 is 4.90 Å². The van der Waals surface area contributed by atoms with Crippen LogP contribution in [-0.4, -0.2) is 23.9 Å². The van der Waals surface area contributed by atoms with Crippen molar-refractivity contribution in [3.8, 4) is 0 Å². The maximum absolute atomic E-state index is 12.1. The molecule has 0 bridgehead atoms. The zero-order valence-corrected chi connectivity index (χ0v) is 11.1. The molecule has 4 heteroatoms. The topological polar surface area (TPSA) is 20.3 Å². The zero-order valence-electron chi connectivity index (χ0n) is 8.70. The van der Waals surface area contributed by atoms with E-state index in [1.54, 1.807) is 0 Å². The van der Waals surface area contributed by atoms with Gasteiger partial charge in [0.2, 0.25) is 0 Å². The highest BCUT2D eigenvalue weighted by atomic mass is 79.9. The number of hydrogen-bond acceptors (Lipinski definition) is 2. The molecule has 0 N–H and O–H groups in total. The Morgan fingerprint density at radius 2 is 2.47 bits per heavy atom. The molecule has 0 radical (unpaired) electrons. The first-order valence-electron chi connectivity index (χ1n) is 5.20. The monoisotopic (exact) mass is 287 g/mol. The molecule has 2 rings (SSSR count). The van der Waals surface area contributed by atoms with Crippen LogP contribution in [0.2, 0.25) is 0 Å². The highest BCUT2D eigenvalue weighted by Gasteiger charge is 2.22. The highest BCUT2D eigenvalue weighted by molar-refractivity contribution is 9.10. The quantitative estimate of drug-likeness (QED) is 0.775. The predicted octanol–water partition coefficient (Wildman–Crippen LogP) is 3.38. The van der Waals surface area contributed by atoms with Crippen molar-refractivity contribution >= 4 is 33.2 Å². The SMILES string of the molecule is CC1CCCN(C(=O)c2cc(Br)cs2)C1. The van der Waals surface area contributed by atoms with Crippen LogP contribution in [0.15, 0.2) is 15.9 Å². The number of carbonyl (C=O) groups excluding carboxylic acids is 1. The van der Waals surface area contributed by atoms with Crippen molar-refractivity contribution in [1.29, 1.82) is 0 Å². The summed E-state index contributed by atoms with van der Waals surface area (Å²) in [7, 11) is 0. The summed E-state index contributed by atoms with van der Waals surface area (Å²) in [6.07, 6.45) is 2.39. The summed E-state index contributed by atoms with van der Waals surface area (Å²) in [5.41, 5.74) is 0. The number of carbonyl (C=O) groups is 1. The third kappa shape index (κ3) is 2.61. The molecule has 1 aliphatic heterocycles. The van der Waals surface area contributed by atoms with Gasteiger partial charge in [-0.1, -0.05) is 6.92 Å². The maximum atomic E-state index is 12.1. The summed E-state index contributed by atoms with van der Waals surface area (Å²) >= 11 is 4.89. The Bertz CT molecular complexity index is 363. The van der Waals surface area contributed by atoms with Gasteiger partial charge in [-0.05, 0) is 40.8 Å². The Labute approximate surface area is 102 Å². The molecule has 15 heavy (non-hydrogen) atoms. The van der Waals surface area contributed by atoms with Crippen LogP contribution in [0.25, 0.3) is 0 Å². The lowest BCUT2D eigenvalue weighted by Crippen LogP contribution is -2.38. The third-order valence-electron chi connectivity index (χ3n) is 2.72. The summed E-state index contributed by atoms with van der Waals surface area (Å²) in [6.45, 7) is 4.04. The average molecular weight is 288 g/mol. The minimum Gasteiger partial charge on any atom is -0.338 e. The maximum Gasteiger partial charge on any atom is 0.263 e. The van der Waals surface area contributed by atoms with Gasteiger partial charge in [-0.25, -0.2) is 0 Å². The number of piperidine rings is 1. The van der Waals surface area contributed by atoms with Gasteiger partial charge >= 0.3 is 0 Å². The van der Waals surface area contributed by atoms with Gasteiger partial charge in [0.15, 0.2) is 0 Å². The van der Waals surface area contributed by atoms with Gasteiger partial charge in [0.1, 0.15) is 0 Å². The number of halogens is 1. The molecule has 2 nitrogen and oxygen atoms in total. The van der Waals surface area contributed by atoms with Crippen molar-refractivity contribution in [1.82, 2.24) is 4.90 Å². The van der Waals surface area contributed by atoms with E-state index in [-0.39, 0.29) is 5.91 Å². The molecular formula is C11H14BrNOS. The van der Waals surface area contributed by atoms with Crippen LogP contribution in [0, 0.1) is 5.92 Å². The molecule has 0 aromatic carbocycles. The number of amides is 1. The van der Waals surface area contributed by atoms with Crippen molar-refractivity contribution in [2.45, 2.75) is 19.8 Å². The summed E-state index contributed by atoms with van der Waals surface area (Å²) in [6, 6.07) is 1.91. The molecule has 1 aliphatic rings. The fourth-order valence-corrected chi connectivity index (χ4v) is 3.35. The summed E-state index contributed by atoms with van der Waals surface area (Å²) in [5, 5.41) is 1.96. The van der Waals surface area contributed by atoms with Gasteiger partial charge in [-0.15, -0.1) is 11.3 Å². The standard InChI is InChI=1S/C11H14BrNOS/c1-8-3-2-4-13(6-8)11(14)10-5-9(12)7-15-10/h5,7-8H,2-4,6H2,1H3. The second-order valence-corrected chi connectivity index (χ2v) is 5.95. The molecule has 1 unspecified atom stereocenters. The number of hydrogen-bond donors (Lipinski definition) is 0. The van der Waals surface area contributed by atoms with E-state index in [1.807, 2.05) is 16.3 Å². The van der Waals surface area contributed by atoms with Crippen LogP contribution in [0.4, 0.5) is 0 Å². The minimum absolute atomic E-state index is 0.192. The lowest BCUT2D eigenvalue weighted by atomic mass is 10.0. The van der Waals surface area contributed by atoms with Crippen LogP contribution in [0.5, 0.6) is 0 Å². The third-order valence-corrected chi connectivity index (χ3v) is 4.40. The summed E-state index contributed by atoms with van der Waals surface area (Å²) < 4.78 is 1.00. The lowest BCUT2D eigenvalue weighted by molar-refractivity contribution is 0.0688. The van der Waals surface area contributed by atoms with E-state index in [0.29, 0.717) is 5.92 Å². The van der Waals surface area contributed by atoms with Crippen LogP contribution < -0.4 is 0 Å². The van der Waals surface area contributed by atoms with E-state index in [4.69, 9.17) is 0 Å². The summed E-state index contributed by atoms with van der Waals surface area (Å²) in [4.78, 5) is 14.9. The van der Waals surface area contributed by atoms with E-state index in [0.717, 1.165) is 28.9 Å². The fraction of sp³-hybridized carbons (Fsp3) is 0.545. The van der Waals surface area contributed by atoms with Crippen molar-refractivity contribution in [2.75, 3.05) is 13.1 Å². The Hall–Kier alpha value is -0.350. The number of thiophene rings is 1. The van der Waals surface area contributed by atoms with Gasteiger partial charge in [0, 0.05) is 22.9 Å². The van der Waals surface area contributed by atoms with Crippen LogP contribution in [0.3, 0.4) is 0 Å². The highest BCUT2D eigenvalue weighted by Crippen LogP contribution is 2.23. The van der Waals surface area contributed by atoms with Crippen LogP contribution in [0.1, 0.15) is 29.4 Å². The second-order valence-electron chi connectivity index (χ2n) is 4.13. The van der Waals surface area contributed by atoms with E-state index in [1.165, 1.54) is 17.8 Å². The van der Waals surface area contributed by atoms with E-state index in [2.05, 4.69) is 22.9 Å². The summed E-state index contributed by atoms with van der Waals surface area (Å²) in [5.74, 6) is 0.836. The van der Waals surface area contributed by atoms with Gasteiger partial charge in [-0.2, -0.15) is 0 Å². The molecule has 0 spiro atoms. The molecule has 1 fully saturated rings. The number of likely N-dealkylation sites (tertiary alicyclic amines) is 1. The van der Waals surface area contributed by atoms with Gasteiger partial charge in [-0.3, -0.25) is 4.79 Å². The molecule has 0 aliphatic carbocycles. The molecule has 1 aromatic rings. The predicted molar refractivity (Wildman–Crippen MR) is 66.3 cm³/mol. The zero-order chi connectivity index (χ0) is 10.8. The first-order valence-corrected chi connectivity index (χ1v) is 6.87. The van der Waals surface area contributed by atoms with Crippen molar-refractivity contribution < 1.29 is 4.79 Å². The van der Waals surface area contributed by atoms with E-state index >= 15 is 0 Å². The molecule has 2 heterocycles. The first-order chi connectivity index (χ1) is 7.16. The van der Waals surface area contributed by atoms with E-state index in [9.17, 15) is 4.79 Å². The van der Waals surface area contributed by atoms with Gasteiger partial charge in [0.25, 0.3) is 5.91 Å². The Kier molecular flexibility index (Phi) is 3.46.